The van der Waals surface area contributed by atoms with E-state index in [0.29, 0.717) is 0 Å². The number of hydrogen-bond acceptors (Lipinski definition) is 4. The predicted octanol–water partition coefficient (Wildman–Crippen LogP) is 1.58. The summed E-state index contributed by atoms with van der Waals surface area (Å²) in [6.45, 7) is 1.62. The third-order valence-electron chi connectivity index (χ3n) is 2.02. The Morgan fingerprint density at radius 3 is 2.50 bits per heavy atom. The van der Waals surface area contributed by atoms with Crippen LogP contribution in [-0.2, 0) is 0 Å². The van der Waals surface area contributed by atoms with Crippen molar-refractivity contribution in [1.29, 1.82) is 0 Å². The van der Waals surface area contributed by atoms with E-state index in [-0.39, 0.29) is 5.69 Å². The number of nitro benzene ring substituents is 1. The van der Waals surface area contributed by atoms with Crippen LogP contribution in [0.4, 0.5) is 5.69 Å². The second-order valence-electron chi connectivity index (χ2n) is 3.69. The lowest BCUT2D eigenvalue weighted by atomic mass is 10.2. The van der Waals surface area contributed by atoms with E-state index < -0.39 is 4.92 Å². The maximum absolute atomic E-state index is 10.4. The van der Waals surface area contributed by atoms with E-state index in [2.05, 4.69) is 4.99 Å². The number of non-ortho nitro benzene ring substituents is 1. The van der Waals surface area contributed by atoms with Gasteiger partial charge in [-0.05, 0) is 31.8 Å². The second kappa shape index (κ2) is 5.97. The van der Waals surface area contributed by atoms with Gasteiger partial charge in [-0.25, -0.2) is 0 Å². The third-order valence-corrected chi connectivity index (χ3v) is 2.02. The largest absolute Gasteiger partial charge is 0.308 e. The van der Waals surface area contributed by atoms with Crippen molar-refractivity contribution >= 4 is 11.9 Å². The zero-order valence-corrected chi connectivity index (χ0v) is 9.46. The molecule has 0 spiro atoms. The van der Waals surface area contributed by atoms with Gasteiger partial charge in [-0.15, -0.1) is 0 Å². The quantitative estimate of drug-likeness (QED) is 0.431. The highest BCUT2D eigenvalue weighted by molar-refractivity contribution is 5.79. The fraction of sp³-hybridized carbons (Fsp3) is 0.364. The first-order chi connectivity index (χ1) is 7.59. The summed E-state index contributed by atoms with van der Waals surface area (Å²) in [5.41, 5.74) is 0.981. The lowest BCUT2D eigenvalue weighted by Crippen LogP contribution is -2.15. The van der Waals surface area contributed by atoms with Gasteiger partial charge in [-0.1, -0.05) is 0 Å². The molecule has 1 aromatic carbocycles. The molecule has 0 saturated heterocycles. The van der Waals surface area contributed by atoms with E-state index in [1.807, 2.05) is 19.0 Å². The van der Waals surface area contributed by atoms with E-state index >= 15 is 0 Å². The summed E-state index contributed by atoms with van der Waals surface area (Å²) in [6.07, 6.45) is 1.73. The molecular weight excluding hydrogens is 206 g/mol. The molecule has 5 nitrogen and oxygen atoms in total. The Morgan fingerprint density at radius 2 is 2.00 bits per heavy atom. The molecule has 5 heteroatoms. The molecule has 0 aliphatic rings. The normalized spacial score (nSPS) is 11.2. The van der Waals surface area contributed by atoms with Crippen LogP contribution in [-0.4, -0.2) is 43.2 Å². The summed E-state index contributed by atoms with van der Waals surface area (Å²) in [4.78, 5) is 16.3. The van der Waals surface area contributed by atoms with E-state index in [9.17, 15) is 10.1 Å². The van der Waals surface area contributed by atoms with E-state index in [0.717, 1.165) is 18.7 Å². The fourth-order valence-electron chi connectivity index (χ4n) is 1.11. The Hall–Kier alpha value is -1.75. The first-order valence-corrected chi connectivity index (χ1v) is 4.98. The summed E-state index contributed by atoms with van der Waals surface area (Å²) in [7, 11) is 3.97. The van der Waals surface area contributed by atoms with Gasteiger partial charge in [0.1, 0.15) is 0 Å². The number of nitrogens with zero attached hydrogens (tertiary/aromatic N) is 3. The first-order valence-electron chi connectivity index (χ1n) is 4.98. The molecular formula is C11H15N3O2. The Bertz CT molecular complexity index is 371. The summed E-state index contributed by atoms with van der Waals surface area (Å²) >= 11 is 0. The molecule has 0 aliphatic carbocycles. The first kappa shape index (κ1) is 12.3. The van der Waals surface area contributed by atoms with Crippen LogP contribution in [0.2, 0.25) is 0 Å². The Morgan fingerprint density at radius 1 is 1.38 bits per heavy atom. The van der Waals surface area contributed by atoms with Crippen molar-refractivity contribution in [3.05, 3.63) is 39.9 Å². The van der Waals surface area contributed by atoms with Crippen LogP contribution >= 0.6 is 0 Å². The minimum Gasteiger partial charge on any atom is -0.308 e. The number of nitro groups is 1. The van der Waals surface area contributed by atoms with E-state index in [4.69, 9.17) is 0 Å². The standard InChI is InChI=1S/C11H15N3O2/c1-13(2)8-7-12-9-10-3-5-11(6-4-10)14(15)16/h3-6,9H,7-8H2,1-2H3. The molecule has 0 bridgehead atoms. The van der Waals surface area contributed by atoms with Gasteiger partial charge in [0, 0.05) is 24.9 Å². The Labute approximate surface area is 94.6 Å². The van der Waals surface area contributed by atoms with Crippen LogP contribution in [0.25, 0.3) is 0 Å². The van der Waals surface area contributed by atoms with Crippen LogP contribution < -0.4 is 0 Å². The highest BCUT2D eigenvalue weighted by atomic mass is 16.6. The van der Waals surface area contributed by atoms with Gasteiger partial charge in [0.25, 0.3) is 5.69 Å². The SMILES string of the molecule is CN(C)CCN=Cc1ccc([N+](=O)[O-])cc1. The number of aliphatic imine (C=N–C) groups is 1. The molecule has 86 valence electrons. The van der Waals surface area contributed by atoms with Crippen molar-refractivity contribution in [3.63, 3.8) is 0 Å². The zero-order valence-electron chi connectivity index (χ0n) is 9.46. The van der Waals surface area contributed by atoms with Crippen molar-refractivity contribution in [1.82, 2.24) is 4.90 Å². The van der Waals surface area contributed by atoms with Crippen LogP contribution in [0, 0.1) is 10.1 Å². The predicted molar refractivity (Wildman–Crippen MR) is 64.1 cm³/mol. The van der Waals surface area contributed by atoms with Crippen LogP contribution in [0.1, 0.15) is 5.56 Å². The van der Waals surface area contributed by atoms with Gasteiger partial charge in [-0.3, -0.25) is 15.1 Å². The van der Waals surface area contributed by atoms with Crippen LogP contribution in [0.3, 0.4) is 0 Å². The average molecular weight is 221 g/mol. The molecule has 1 aromatic rings. The molecule has 0 N–H and O–H groups in total. The monoisotopic (exact) mass is 221 g/mol. The average Bonchev–Trinajstić information content (AvgIpc) is 2.25. The third kappa shape index (κ3) is 4.18. The molecule has 16 heavy (non-hydrogen) atoms. The lowest BCUT2D eigenvalue weighted by Gasteiger charge is -2.05. The van der Waals surface area contributed by atoms with Gasteiger partial charge >= 0.3 is 0 Å². The fourth-order valence-corrected chi connectivity index (χ4v) is 1.11. The highest BCUT2D eigenvalue weighted by Crippen LogP contribution is 2.10. The van der Waals surface area contributed by atoms with E-state index in [1.54, 1.807) is 18.3 Å². The summed E-state index contributed by atoms with van der Waals surface area (Å²) in [5.74, 6) is 0. The van der Waals surface area contributed by atoms with Crippen molar-refractivity contribution in [2.75, 3.05) is 27.2 Å². The molecule has 0 radical (unpaired) electrons. The van der Waals surface area contributed by atoms with Gasteiger partial charge in [0.2, 0.25) is 0 Å². The molecule has 0 unspecified atom stereocenters. The maximum Gasteiger partial charge on any atom is 0.269 e. The number of hydrogen-bond donors (Lipinski definition) is 0. The number of benzene rings is 1. The lowest BCUT2D eigenvalue weighted by molar-refractivity contribution is -0.384. The van der Waals surface area contributed by atoms with Crippen LogP contribution in [0.15, 0.2) is 29.3 Å². The smallest absolute Gasteiger partial charge is 0.269 e. The minimum atomic E-state index is -0.410. The maximum atomic E-state index is 10.4. The molecule has 0 fully saturated rings. The Balaban J connectivity index is 2.52. The topological polar surface area (TPSA) is 58.7 Å². The number of rotatable bonds is 5. The van der Waals surface area contributed by atoms with Gasteiger partial charge in [0.05, 0.1) is 11.5 Å². The molecule has 0 aromatic heterocycles. The zero-order chi connectivity index (χ0) is 12.0. The second-order valence-corrected chi connectivity index (χ2v) is 3.69. The molecule has 0 heterocycles. The van der Waals surface area contributed by atoms with Crippen molar-refractivity contribution in [2.24, 2.45) is 4.99 Å². The summed E-state index contributed by atoms with van der Waals surface area (Å²) < 4.78 is 0. The van der Waals surface area contributed by atoms with Crippen molar-refractivity contribution in [3.8, 4) is 0 Å². The van der Waals surface area contributed by atoms with Gasteiger partial charge < -0.3 is 4.90 Å². The van der Waals surface area contributed by atoms with Crippen molar-refractivity contribution < 1.29 is 4.92 Å². The molecule has 0 atom stereocenters. The summed E-state index contributed by atoms with van der Waals surface area (Å²) in [6, 6.07) is 6.34. The molecule has 0 saturated carbocycles. The van der Waals surface area contributed by atoms with E-state index in [1.165, 1.54) is 12.1 Å². The summed E-state index contributed by atoms with van der Waals surface area (Å²) in [5, 5.41) is 10.4. The highest BCUT2D eigenvalue weighted by Gasteiger charge is 2.02. The minimum absolute atomic E-state index is 0.102. The van der Waals surface area contributed by atoms with Gasteiger partial charge in [0.15, 0.2) is 0 Å². The molecule has 0 amide bonds. The molecule has 0 aliphatic heterocycles. The van der Waals surface area contributed by atoms with Gasteiger partial charge in [-0.2, -0.15) is 0 Å². The number of likely N-dealkylation sites (N-methyl/N-ethyl adjacent to an activating group) is 1. The molecule has 1 rings (SSSR count). The van der Waals surface area contributed by atoms with Crippen LogP contribution in [0.5, 0.6) is 0 Å². The Kier molecular flexibility index (Phi) is 4.60. The van der Waals surface area contributed by atoms with Crippen molar-refractivity contribution in [2.45, 2.75) is 0 Å².